The molecule has 0 aromatic heterocycles. The van der Waals surface area contributed by atoms with Gasteiger partial charge in [0, 0.05) is 36.8 Å². The van der Waals surface area contributed by atoms with Crippen LogP contribution < -0.4 is 16.0 Å². The van der Waals surface area contributed by atoms with Crippen molar-refractivity contribution in [2.24, 2.45) is 0 Å². The molecule has 0 radical (unpaired) electrons. The second-order valence-electron chi connectivity index (χ2n) is 7.78. The third kappa shape index (κ3) is 7.23. The molecule has 3 amide bonds. The highest BCUT2D eigenvalue weighted by molar-refractivity contribution is 6.04. The Morgan fingerprint density at radius 3 is 2.35 bits per heavy atom. The van der Waals surface area contributed by atoms with Gasteiger partial charge in [0.25, 0.3) is 11.8 Å². The van der Waals surface area contributed by atoms with Crippen LogP contribution in [0.3, 0.4) is 0 Å². The number of aryl methyl sites for hydroxylation is 1. The van der Waals surface area contributed by atoms with Crippen molar-refractivity contribution < 1.29 is 23.2 Å². The number of anilines is 1. The maximum Gasteiger partial charge on any atom is 0.255 e. The SMILES string of the molecule is Cc1ccc(C(=O)Nc2cccc(CNC(=O)CCCNC(=O)c3ccc(F)cc3F)c2)cc1. The van der Waals surface area contributed by atoms with Gasteiger partial charge in [-0.15, -0.1) is 0 Å². The van der Waals surface area contributed by atoms with E-state index in [1.54, 1.807) is 30.3 Å². The van der Waals surface area contributed by atoms with Gasteiger partial charge in [-0.25, -0.2) is 8.78 Å². The molecule has 3 N–H and O–H groups in total. The number of amides is 3. The summed E-state index contributed by atoms with van der Waals surface area (Å²) in [6, 6.07) is 17.1. The molecule has 3 rings (SSSR count). The zero-order valence-corrected chi connectivity index (χ0v) is 18.7. The fourth-order valence-electron chi connectivity index (χ4n) is 3.18. The molecule has 0 unspecified atom stereocenters. The molecule has 0 aliphatic heterocycles. The summed E-state index contributed by atoms with van der Waals surface area (Å²) in [5.41, 5.74) is 2.81. The van der Waals surface area contributed by atoms with E-state index in [1.165, 1.54) is 0 Å². The molecular formula is C26H25F2N3O3. The lowest BCUT2D eigenvalue weighted by molar-refractivity contribution is -0.121. The van der Waals surface area contributed by atoms with E-state index in [0.29, 0.717) is 23.7 Å². The minimum absolute atomic E-state index is 0.163. The lowest BCUT2D eigenvalue weighted by Gasteiger charge is -2.09. The molecule has 0 spiro atoms. The highest BCUT2D eigenvalue weighted by Gasteiger charge is 2.12. The van der Waals surface area contributed by atoms with Gasteiger partial charge in [-0.05, 0) is 55.3 Å². The van der Waals surface area contributed by atoms with Crippen LogP contribution in [-0.2, 0) is 11.3 Å². The summed E-state index contributed by atoms with van der Waals surface area (Å²) in [7, 11) is 0. The van der Waals surface area contributed by atoms with Crippen molar-refractivity contribution in [2.75, 3.05) is 11.9 Å². The number of carbonyl (C=O) groups excluding carboxylic acids is 3. The fraction of sp³-hybridized carbons (Fsp3) is 0.192. The van der Waals surface area contributed by atoms with Crippen LogP contribution in [0.1, 0.15) is 44.7 Å². The highest BCUT2D eigenvalue weighted by atomic mass is 19.1. The van der Waals surface area contributed by atoms with Crippen LogP contribution in [0, 0.1) is 18.6 Å². The van der Waals surface area contributed by atoms with Gasteiger partial charge in [0.2, 0.25) is 5.91 Å². The standard InChI is InChI=1S/C26H25F2N3O3/c1-17-7-9-19(10-8-17)25(33)31-21-5-2-4-18(14-21)16-30-24(32)6-3-13-29-26(34)22-12-11-20(27)15-23(22)28/h2,4-5,7-12,14-15H,3,6,13,16H2,1H3,(H,29,34)(H,30,32)(H,31,33). The van der Waals surface area contributed by atoms with E-state index < -0.39 is 17.5 Å². The van der Waals surface area contributed by atoms with E-state index in [2.05, 4.69) is 16.0 Å². The van der Waals surface area contributed by atoms with Gasteiger partial charge in [0.15, 0.2) is 0 Å². The van der Waals surface area contributed by atoms with Gasteiger partial charge in [-0.2, -0.15) is 0 Å². The van der Waals surface area contributed by atoms with Crippen molar-refractivity contribution in [1.29, 1.82) is 0 Å². The quantitative estimate of drug-likeness (QED) is 0.411. The average Bonchev–Trinajstić information content (AvgIpc) is 2.81. The Balaban J connectivity index is 1.40. The van der Waals surface area contributed by atoms with Gasteiger partial charge in [-0.1, -0.05) is 29.8 Å². The normalized spacial score (nSPS) is 10.4. The fourth-order valence-corrected chi connectivity index (χ4v) is 3.18. The number of benzene rings is 3. The summed E-state index contributed by atoms with van der Waals surface area (Å²) in [5.74, 6) is -2.79. The van der Waals surface area contributed by atoms with Gasteiger partial charge in [0.05, 0.1) is 5.56 Å². The molecule has 0 aliphatic rings. The molecule has 0 aliphatic carbocycles. The summed E-state index contributed by atoms with van der Waals surface area (Å²) in [6.45, 7) is 2.40. The van der Waals surface area contributed by atoms with Crippen molar-refractivity contribution in [3.05, 3.63) is 101 Å². The predicted octanol–water partition coefficient (Wildman–Crippen LogP) is 4.35. The Labute approximate surface area is 196 Å². The van der Waals surface area contributed by atoms with Gasteiger partial charge in [-0.3, -0.25) is 14.4 Å². The topological polar surface area (TPSA) is 87.3 Å². The Bertz CT molecular complexity index is 1180. The van der Waals surface area contributed by atoms with Crippen LogP contribution in [0.15, 0.2) is 66.7 Å². The van der Waals surface area contributed by atoms with Crippen molar-refractivity contribution >= 4 is 23.4 Å². The largest absolute Gasteiger partial charge is 0.352 e. The van der Waals surface area contributed by atoms with E-state index in [9.17, 15) is 23.2 Å². The van der Waals surface area contributed by atoms with Crippen LogP contribution in [0.25, 0.3) is 0 Å². The molecule has 6 nitrogen and oxygen atoms in total. The maximum atomic E-state index is 13.6. The lowest BCUT2D eigenvalue weighted by atomic mass is 10.1. The van der Waals surface area contributed by atoms with Crippen LogP contribution >= 0.6 is 0 Å². The first kappa shape index (κ1) is 24.6. The minimum atomic E-state index is -0.937. The van der Waals surface area contributed by atoms with Crippen molar-refractivity contribution in [3.8, 4) is 0 Å². The number of rotatable bonds is 9. The molecule has 8 heteroatoms. The van der Waals surface area contributed by atoms with Crippen LogP contribution in [-0.4, -0.2) is 24.3 Å². The summed E-state index contributed by atoms with van der Waals surface area (Å²) in [5, 5.41) is 8.13. The third-order valence-electron chi connectivity index (χ3n) is 5.03. The summed E-state index contributed by atoms with van der Waals surface area (Å²) < 4.78 is 26.5. The van der Waals surface area contributed by atoms with E-state index in [-0.39, 0.29) is 36.9 Å². The first-order chi connectivity index (χ1) is 16.3. The van der Waals surface area contributed by atoms with Crippen molar-refractivity contribution in [3.63, 3.8) is 0 Å². The molecule has 0 atom stereocenters. The van der Waals surface area contributed by atoms with E-state index in [0.717, 1.165) is 23.3 Å². The number of halogens is 2. The van der Waals surface area contributed by atoms with Gasteiger partial charge < -0.3 is 16.0 Å². The highest BCUT2D eigenvalue weighted by Crippen LogP contribution is 2.13. The van der Waals surface area contributed by atoms with E-state index in [1.807, 2.05) is 25.1 Å². The molecule has 3 aromatic rings. The molecule has 34 heavy (non-hydrogen) atoms. The van der Waals surface area contributed by atoms with Crippen molar-refractivity contribution in [1.82, 2.24) is 10.6 Å². The summed E-state index contributed by atoms with van der Waals surface area (Å²) in [6.07, 6.45) is 0.517. The number of hydrogen-bond acceptors (Lipinski definition) is 3. The zero-order valence-electron chi connectivity index (χ0n) is 18.7. The summed E-state index contributed by atoms with van der Waals surface area (Å²) in [4.78, 5) is 36.4. The zero-order chi connectivity index (χ0) is 24.5. The Morgan fingerprint density at radius 2 is 1.62 bits per heavy atom. The molecule has 0 saturated heterocycles. The Morgan fingerprint density at radius 1 is 0.853 bits per heavy atom. The number of nitrogens with one attached hydrogen (secondary N) is 3. The average molecular weight is 466 g/mol. The van der Waals surface area contributed by atoms with Crippen LogP contribution in [0.2, 0.25) is 0 Å². The number of hydrogen-bond donors (Lipinski definition) is 3. The smallest absolute Gasteiger partial charge is 0.255 e. The summed E-state index contributed by atoms with van der Waals surface area (Å²) >= 11 is 0. The third-order valence-corrected chi connectivity index (χ3v) is 5.03. The second-order valence-corrected chi connectivity index (χ2v) is 7.78. The lowest BCUT2D eigenvalue weighted by Crippen LogP contribution is -2.28. The first-order valence-corrected chi connectivity index (χ1v) is 10.8. The number of carbonyl (C=O) groups is 3. The second kappa shape index (κ2) is 11.7. The molecule has 176 valence electrons. The molecule has 0 saturated carbocycles. The van der Waals surface area contributed by atoms with Crippen molar-refractivity contribution in [2.45, 2.75) is 26.3 Å². The van der Waals surface area contributed by atoms with Gasteiger partial charge >= 0.3 is 0 Å². The minimum Gasteiger partial charge on any atom is -0.352 e. The maximum absolute atomic E-state index is 13.6. The predicted molar refractivity (Wildman–Crippen MR) is 125 cm³/mol. The molecular weight excluding hydrogens is 440 g/mol. The molecule has 0 heterocycles. The Hall–Kier alpha value is -4.07. The van der Waals surface area contributed by atoms with E-state index >= 15 is 0 Å². The first-order valence-electron chi connectivity index (χ1n) is 10.8. The van der Waals surface area contributed by atoms with Crippen LogP contribution in [0.4, 0.5) is 14.5 Å². The van der Waals surface area contributed by atoms with Crippen LogP contribution in [0.5, 0.6) is 0 Å². The molecule has 0 bridgehead atoms. The van der Waals surface area contributed by atoms with Gasteiger partial charge in [0.1, 0.15) is 11.6 Å². The monoisotopic (exact) mass is 465 g/mol. The molecule has 3 aromatic carbocycles. The Kier molecular flexibility index (Phi) is 8.45. The molecule has 0 fully saturated rings. The van der Waals surface area contributed by atoms with E-state index in [4.69, 9.17) is 0 Å².